The molecule has 12 aromatic rings. The summed E-state index contributed by atoms with van der Waals surface area (Å²) in [5.41, 5.74) is 42.6. The van der Waals surface area contributed by atoms with Crippen LogP contribution >= 0.6 is 15.9 Å². The molecule has 0 aliphatic carbocycles. The van der Waals surface area contributed by atoms with Crippen LogP contribution in [0, 0.1) is 145 Å². The van der Waals surface area contributed by atoms with Gasteiger partial charge in [-0.25, -0.2) is 11.1 Å². The van der Waals surface area contributed by atoms with Crippen molar-refractivity contribution in [1.29, 1.82) is 11.1 Å². The third-order valence-electron chi connectivity index (χ3n) is 21.4. The molecule has 0 unspecified atom stereocenters. The predicted molar refractivity (Wildman–Crippen MR) is 579 cm³/mol. The fraction of sp³-hybridized carbons (Fsp3) is 0.285. The van der Waals surface area contributed by atoms with Crippen molar-refractivity contribution in [2.24, 2.45) is 5.73 Å². The molecule has 0 fully saturated rings. The molecule has 0 spiro atoms. The first-order valence-corrected chi connectivity index (χ1v) is 47.7. The Morgan fingerprint density at radius 1 is 0.366 bits per heavy atom. The third-order valence-corrected chi connectivity index (χ3v) is 21.9. The van der Waals surface area contributed by atoms with E-state index in [1.165, 1.54) is 77.2 Å². The number of aliphatic hydroxyl groups excluding tert-OH is 5. The quantitative estimate of drug-likeness (QED) is 0.0155. The number of aliphatic hydroxyl groups is 7. The number of halogens is 1. The van der Waals surface area contributed by atoms with Gasteiger partial charge in [-0.3, -0.25) is 29.4 Å². The van der Waals surface area contributed by atoms with Crippen molar-refractivity contribution in [3.05, 3.63) is 422 Å². The fourth-order valence-corrected chi connectivity index (χ4v) is 14.2. The summed E-state index contributed by atoms with van der Waals surface area (Å²) in [5, 5.41) is 62.7. The van der Waals surface area contributed by atoms with E-state index < -0.39 is 11.2 Å². The first-order chi connectivity index (χ1) is 67.1. The van der Waals surface area contributed by atoms with Crippen LogP contribution in [0.25, 0.3) is 0 Å². The maximum Gasteiger partial charge on any atom is 1.00 e. The molecule has 14 rings (SSSR count). The van der Waals surface area contributed by atoms with E-state index in [0.29, 0.717) is 28.8 Å². The van der Waals surface area contributed by atoms with E-state index in [2.05, 4.69) is 270 Å². The summed E-state index contributed by atoms with van der Waals surface area (Å²) in [6, 6.07) is 87.6. The molecule has 4 amide bonds. The van der Waals surface area contributed by atoms with E-state index in [1.54, 1.807) is 83.1 Å². The Bertz CT molecular complexity index is 6070. The number of carbonyl (C=O) groups is 4. The number of nitrogens with one attached hydrogen (secondary N) is 3. The molecule has 12 aromatic carbocycles. The van der Waals surface area contributed by atoms with Crippen LogP contribution in [0.1, 0.15) is 244 Å². The van der Waals surface area contributed by atoms with Gasteiger partial charge in [0, 0.05) is 90.0 Å². The fourth-order valence-electron chi connectivity index (χ4n) is 13.7. The molecular formula is C123H141BrKN5O12. The molecule has 0 bridgehead atoms. The average Bonchev–Trinajstić information content (AvgIpc) is 1.64. The Hall–Kier alpha value is -12.4. The second-order valence-corrected chi connectivity index (χ2v) is 35.0. The van der Waals surface area contributed by atoms with Crippen molar-refractivity contribution in [2.45, 2.75) is 185 Å². The molecule has 17 nitrogen and oxygen atoms in total. The Kier molecular flexibility index (Phi) is 62.2. The monoisotopic (exact) mass is 2000 g/mol. The van der Waals surface area contributed by atoms with Gasteiger partial charge in [0.05, 0.1) is 22.3 Å². The van der Waals surface area contributed by atoms with E-state index >= 15 is 0 Å². The molecule has 2 aliphatic heterocycles. The Morgan fingerprint density at radius 2 is 0.627 bits per heavy atom. The molecule has 13 N–H and O–H groups in total. The molecule has 738 valence electrons. The van der Waals surface area contributed by atoms with Crippen LogP contribution < -0.4 is 62.4 Å². The maximum atomic E-state index is 12.5. The zero-order chi connectivity index (χ0) is 103. The minimum atomic E-state index is -0.957. The van der Waals surface area contributed by atoms with Crippen LogP contribution in [0.15, 0.2) is 271 Å². The smallest absolute Gasteiger partial charge is 0.870 e. The van der Waals surface area contributed by atoms with E-state index in [0.717, 1.165) is 144 Å². The van der Waals surface area contributed by atoms with Gasteiger partial charge in [-0.1, -0.05) is 245 Å². The summed E-state index contributed by atoms with van der Waals surface area (Å²) in [5.74, 6) is 29.2. The summed E-state index contributed by atoms with van der Waals surface area (Å²) in [6.07, 6.45) is 20.4. The molecule has 0 saturated heterocycles. The molecule has 0 saturated carbocycles. The molecule has 0 aromatic heterocycles. The minimum Gasteiger partial charge on any atom is -0.870 e. The summed E-state index contributed by atoms with van der Waals surface area (Å²) in [7, 11) is 0. The van der Waals surface area contributed by atoms with Gasteiger partial charge < -0.3 is 47.0 Å². The van der Waals surface area contributed by atoms with Crippen molar-refractivity contribution in [3.63, 3.8) is 0 Å². The minimum absolute atomic E-state index is 0. The summed E-state index contributed by atoms with van der Waals surface area (Å²) >= 11 is 3.39. The summed E-state index contributed by atoms with van der Waals surface area (Å²) in [4.78, 5) is 48.2. The van der Waals surface area contributed by atoms with Gasteiger partial charge in [0.25, 0.3) is 23.6 Å². The zero-order valence-corrected chi connectivity index (χ0v) is 89.8. The molecular weight excluding hydrogens is 1860 g/mol. The first kappa shape index (κ1) is 126. The summed E-state index contributed by atoms with van der Waals surface area (Å²) in [6.45, 7) is 29.5. The van der Waals surface area contributed by atoms with Crippen molar-refractivity contribution >= 4 is 39.6 Å². The number of imide groups is 2. The third kappa shape index (κ3) is 48.4. The van der Waals surface area contributed by atoms with E-state index in [-0.39, 0.29) is 115 Å². The van der Waals surface area contributed by atoms with Gasteiger partial charge in [0.2, 0.25) is 0 Å². The molecule has 2 aliphatic rings. The van der Waals surface area contributed by atoms with Crippen LogP contribution in [0.2, 0.25) is 0 Å². The van der Waals surface area contributed by atoms with Crippen molar-refractivity contribution in [3.8, 4) is 72.1 Å². The Labute approximate surface area is 896 Å². The number of carbonyl (C=O) groups excluding carboxylic acids is 4. The molecule has 19 heteroatoms. The van der Waals surface area contributed by atoms with Crippen molar-refractivity contribution < 1.29 is 113 Å². The molecule has 142 heavy (non-hydrogen) atoms. The maximum absolute atomic E-state index is 12.5. The number of nitrogens with two attached hydrogens (primary N) is 1. The average molecular weight is 2000 g/mol. The van der Waals surface area contributed by atoms with Gasteiger partial charge in [0.15, 0.2) is 0 Å². The normalized spacial score (nSPS) is 10.6. The number of aryl methyl sites for hydroxylation is 14. The number of fused-ring (bicyclic) bond motifs is 2. The van der Waals surface area contributed by atoms with Crippen LogP contribution in [-0.4, -0.2) is 127 Å². The van der Waals surface area contributed by atoms with Gasteiger partial charge >= 0.3 is 51.4 Å². The number of amides is 4. The largest absolute Gasteiger partial charge is 1.00 e. The Morgan fingerprint density at radius 3 is 0.908 bits per heavy atom. The van der Waals surface area contributed by atoms with Crippen LogP contribution in [0.5, 0.6) is 0 Å². The number of rotatable bonds is 19. The number of terminal acetylenes is 2. The zero-order valence-electron chi connectivity index (χ0n) is 85.1. The van der Waals surface area contributed by atoms with Gasteiger partial charge in [0.1, 0.15) is 11.2 Å². The van der Waals surface area contributed by atoms with E-state index in [4.69, 9.17) is 60.3 Å². The second kappa shape index (κ2) is 70.3. The van der Waals surface area contributed by atoms with E-state index in [1.807, 2.05) is 91.0 Å². The SMILES string of the molecule is C#CC(C)(C)O.C#Cc1cccc(CCCO)c1.CC(C)(O)C#Cc1cccc(CCCO)c1.CCO.Cc1cccc(C)c1C.Cc1cccc(C)c1C#Cc1cccc(CCCN)c1.Cc1cccc(C)c1C#Cc1cccc(CCCN2C(=O)c3ccccc3C2=O)c1.Cc1cccc(C)c1C#Cc1cccc(CCCO)c1.N=N.O=C1NC(=O)c2ccccc21.OCCCc1cccc(Br)c1.[HH].[K+].[OH-]. The number of hydrogen-bond donors (Lipinski definition) is 11. The van der Waals surface area contributed by atoms with E-state index in [9.17, 15) is 24.3 Å². The number of nitrogens with zero attached hydrogens (tertiary/aromatic N) is 1. The molecule has 2 heterocycles. The molecule has 0 atom stereocenters. The van der Waals surface area contributed by atoms with Crippen molar-refractivity contribution in [2.75, 3.05) is 46.1 Å². The van der Waals surface area contributed by atoms with Crippen LogP contribution in [-0.2, 0) is 38.5 Å². The first-order valence-electron chi connectivity index (χ1n) is 46.9. The second-order valence-electron chi connectivity index (χ2n) is 34.1. The number of hydrogen-bond acceptors (Lipinski definition) is 15. The molecule has 0 radical (unpaired) electrons. The standard InChI is InChI=1S/C27H23NO2.C19H21N.C19H20O.C14H18O2.C11H12O.C9H11BrO.C9H12.C8H5NO2.C5H8O.C2H6O.K.H2N2.H2O.H2/c1-19-8-5-9-20(2)23(19)16-15-22-11-6-10-21(18-22)12-7-17-28-26(29)24-13-3-4-14-25(24)27(28)30;2*1-15-6-3-7-16(2)19(15)12-11-18-9-4-8-17(14-18)10-5-13-20;1-14(2,16)9-8-13-6-3-5-12(11-13)7-4-10-15;1-2-10-5-3-6-11(9-10)7-4-8-12;10-9-5-1-3-8(7-9)4-2-6-11;1-7-5-4-6-8(2)9(7)3;10-7-5-3-1-2-4-6(5)8(11)9-7;1-4-5(2,3)6;1-2-3;;1-2;;/h3-6,8-11,13-14,18H,7,12,17H2,1-2H3;3-4,6-9,14H,5,10,13,20H2,1-2H3;3-4,6-9,14,20H,5,10,13H2,1-2H3;3,5-6,11,15-16H,4,7,10H2,1-2H3;1,3,5-6,9,12H,4,7-8H2;1,3,5,7,11H,2,4,6H2;4-6H,1-3H3;1-4H,(H,9,10,11);1,6H,2-3H3;3H,2H2,1H3;;1-2H;1H2;1H/q;;;;;;;;;;+1;;;/p-1. The van der Waals surface area contributed by atoms with Crippen LogP contribution in [0.3, 0.4) is 0 Å². The summed E-state index contributed by atoms with van der Waals surface area (Å²) < 4.78 is 1.10. The van der Waals surface area contributed by atoms with Crippen molar-refractivity contribution in [1.82, 2.24) is 10.2 Å². The van der Waals surface area contributed by atoms with Gasteiger partial charge in [-0.05, 0) is 361 Å². The predicted octanol–water partition coefficient (Wildman–Crippen LogP) is 19.1. The van der Waals surface area contributed by atoms with Gasteiger partial charge in [-0.2, -0.15) is 0 Å². The van der Waals surface area contributed by atoms with Crippen LogP contribution in [0.4, 0.5) is 0 Å². The van der Waals surface area contributed by atoms with Gasteiger partial charge in [-0.15, -0.1) is 12.8 Å². The topological polar surface area (TPSA) is 329 Å². The number of benzene rings is 12. The Balaban J connectivity index is 0.000000823.